The van der Waals surface area contributed by atoms with Gasteiger partial charge in [0.2, 0.25) is 5.91 Å². The van der Waals surface area contributed by atoms with Gasteiger partial charge in [-0.3, -0.25) is 14.5 Å². The Kier molecular flexibility index (Phi) is 5.51. The first-order valence-electron chi connectivity index (χ1n) is 8.33. The van der Waals surface area contributed by atoms with Crippen molar-refractivity contribution in [1.82, 2.24) is 0 Å². The highest BCUT2D eigenvalue weighted by Crippen LogP contribution is 2.29. The van der Waals surface area contributed by atoms with Gasteiger partial charge in [0, 0.05) is 10.6 Å². The summed E-state index contributed by atoms with van der Waals surface area (Å²) >= 11 is 12.2. The lowest BCUT2D eigenvalue weighted by Gasteiger charge is -2.32. The number of likely N-dealkylation sites (N-methyl/N-ethyl adjacent to an activating group) is 1. The second kappa shape index (κ2) is 7.66. The first-order chi connectivity index (χ1) is 12.4. The molecule has 0 saturated carbocycles. The Morgan fingerprint density at radius 1 is 1.27 bits per heavy atom. The number of fused-ring (bicyclic) bond motifs is 1. The SMILES string of the molecule is C[C@@H](C(=O)N1CC(=O)Nc2ccccc21)[NH+](C)Cc1ccc(Cl)cc1Cl. The van der Waals surface area contributed by atoms with E-state index < -0.39 is 0 Å². The van der Waals surface area contributed by atoms with Crippen molar-refractivity contribution in [2.75, 3.05) is 23.8 Å². The number of para-hydroxylation sites is 2. The number of quaternary nitrogens is 1. The van der Waals surface area contributed by atoms with E-state index in [2.05, 4.69) is 5.32 Å². The fourth-order valence-electron chi connectivity index (χ4n) is 2.99. The number of nitrogens with zero attached hydrogens (tertiary/aromatic N) is 1. The molecule has 0 fully saturated rings. The van der Waals surface area contributed by atoms with Crippen molar-refractivity contribution < 1.29 is 14.5 Å². The number of benzene rings is 2. The second-order valence-electron chi connectivity index (χ2n) is 6.47. The van der Waals surface area contributed by atoms with Crippen LogP contribution in [0.3, 0.4) is 0 Å². The molecule has 1 unspecified atom stereocenters. The summed E-state index contributed by atoms with van der Waals surface area (Å²) in [6.07, 6.45) is 0. The van der Waals surface area contributed by atoms with Gasteiger partial charge in [-0.2, -0.15) is 0 Å². The molecule has 1 aliphatic rings. The molecule has 2 amide bonds. The minimum absolute atomic E-state index is 0.0230. The highest BCUT2D eigenvalue weighted by molar-refractivity contribution is 6.35. The maximum Gasteiger partial charge on any atom is 0.285 e. The van der Waals surface area contributed by atoms with E-state index >= 15 is 0 Å². The Hall–Kier alpha value is -2.08. The topological polar surface area (TPSA) is 53.9 Å². The molecule has 0 bridgehead atoms. The number of halogens is 2. The zero-order valence-corrected chi connectivity index (χ0v) is 16.1. The lowest BCUT2D eigenvalue weighted by Crippen LogP contribution is -3.12. The smallest absolute Gasteiger partial charge is 0.285 e. The van der Waals surface area contributed by atoms with Gasteiger partial charge in [0.15, 0.2) is 6.04 Å². The van der Waals surface area contributed by atoms with Crippen molar-refractivity contribution >= 4 is 46.4 Å². The van der Waals surface area contributed by atoms with Crippen molar-refractivity contribution in [1.29, 1.82) is 0 Å². The van der Waals surface area contributed by atoms with Crippen LogP contribution in [0.1, 0.15) is 12.5 Å². The van der Waals surface area contributed by atoms with E-state index in [1.807, 2.05) is 38.2 Å². The number of hydrogen-bond acceptors (Lipinski definition) is 2. The van der Waals surface area contributed by atoms with Crippen molar-refractivity contribution in [3.63, 3.8) is 0 Å². The molecule has 0 aromatic heterocycles. The first kappa shape index (κ1) is 18.7. The normalized spacial score (nSPS) is 15.8. The highest BCUT2D eigenvalue weighted by atomic mass is 35.5. The standard InChI is InChI=1S/C19H19Cl2N3O2/c1-12(23(2)10-13-7-8-14(20)9-15(13)21)19(26)24-11-18(25)22-16-5-3-4-6-17(16)24/h3-9,12H,10-11H2,1-2H3,(H,22,25)/p+1/t12-/m0/s1. The third-order valence-corrected chi connectivity index (χ3v) is 5.22. The van der Waals surface area contributed by atoms with E-state index in [1.54, 1.807) is 23.1 Å². The number of carbonyl (C=O) groups is 2. The number of amides is 2. The van der Waals surface area contributed by atoms with Crippen LogP contribution in [-0.4, -0.2) is 31.4 Å². The third kappa shape index (κ3) is 3.85. The summed E-state index contributed by atoms with van der Waals surface area (Å²) in [5.74, 6) is -0.294. The van der Waals surface area contributed by atoms with Crippen LogP contribution in [0.15, 0.2) is 42.5 Å². The Morgan fingerprint density at radius 2 is 2.00 bits per heavy atom. The number of hydrogen-bond donors (Lipinski definition) is 2. The molecular formula is C19H20Cl2N3O2+. The van der Waals surface area contributed by atoms with Gasteiger partial charge in [-0.05, 0) is 31.2 Å². The van der Waals surface area contributed by atoms with Crippen LogP contribution in [0.2, 0.25) is 10.0 Å². The first-order valence-corrected chi connectivity index (χ1v) is 9.09. The van der Waals surface area contributed by atoms with Crippen molar-refractivity contribution in [3.8, 4) is 0 Å². The van der Waals surface area contributed by atoms with Crippen LogP contribution in [-0.2, 0) is 16.1 Å². The van der Waals surface area contributed by atoms with Gasteiger partial charge in [-0.1, -0.05) is 41.4 Å². The van der Waals surface area contributed by atoms with Gasteiger partial charge < -0.3 is 10.2 Å². The van der Waals surface area contributed by atoms with Crippen molar-refractivity contribution in [2.24, 2.45) is 0 Å². The Labute approximate surface area is 162 Å². The van der Waals surface area contributed by atoms with Gasteiger partial charge in [0.05, 0.1) is 23.4 Å². The highest BCUT2D eigenvalue weighted by Gasteiger charge is 2.33. The molecule has 2 N–H and O–H groups in total. The molecule has 0 aliphatic carbocycles. The van der Waals surface area contributed by atoms with Gasteiger partial charge in [0.1, 0.15) is 13.1 Å². The molecule has 1 aliphatic heterocycles. The molecule has 2 aromatic carbocycles. The molecule has 0 spiro atoms. The number of nitrogens with one attached hydrogen (secondary N) is 2. The van der Waals surface area contributed by atoms with Crippen LogP contribution < -0.4 is 15.1 Å². The van der Waals surface area contributed by atoms with E-state index in [0.29, 0.717) is 22.3 Å². The van der Waals surface area contributed by atoms with Crippen LogP contribution >= 0.6 is 23.2 Å². The third-order valence-electron chi connectivity index (χ3n) is 4.63. The second-order valence-corrected chi connectivity index (χ2v) is 7.31. The summed E-state index contributed by atoms with van der Waals surface area (Å²) in [6, 6.07) is 12.3. The molecule has 136 valence electrons. The van der Waals surface area contributed by atoms with Crippen LogP contribution in [0.5, 0.6) is 0 Å². The fraction of sp³-hybridized carbons (Fsp3) is 0.263. The molecule has 1 heterocycles. The lowest BCUT2D eigenvalue weighted by molar-refractivity contribution is -0.908. The summed E-state index contributed by atoms with van der Waals surface area (Å²) in [7, 11) is 1.93. The van der Waals surface area contributed by atoms with Gasteiger partial charge in [-0.15, -0.1) is 0 Å². The van der Waals surface area contributed by atoms with E-state index in [-0.39, 0.29) is 24.4 Å². The van der Waals surface area contributed by atoms with Crippen molar-refractivity contribution in [3.05, 3.63) is 58.1 Å². The number of carbonyl (C=O) groups excluding carboxylic acids is 2. The molecular weight excluding hydrogens is 373 g/mol. The lowest BCUT2D eigenvalue weighted by atomic mass is 10.1. The quantitative estimate of drug-likeness (QED) is 0.838. The predicted octanol–water partition coefficient (Wildman–Crippen LogP) is 2.38. The van der Waals surface area contributed by atoms with E-state index in [9.17, 15) is 9.59 Å². The minimum Gasteiger partial charge on any atom is -0.324 e. The average molecular weight is 393 g/mol. The van der Waals surface area contributed by atoms with Crippen molar-refractivity contribution in [2.45, 2.75) is 19.5 Å². The monoisotopic (exact) mass is 392 g/mol. The minimum atomic E-state index is -0.347. The Bertz CT molecular complexity index is 856. The molecule has 2 atom stereocenters. The molecule has 7 heteroatoms. The Morgan fingerprint density at radius 3 is 2.73 bits per heavy atom. The molecule has 2 aromatic rings. The predicted molar refractivity (Wildman–Crippen MR) is 104 cm³/mol. The summed E-state index contributed by atoms with van der Waals surface area (Å²) in [6.45, 7) is 2.45. The zero-order valence-electron chi connectivity index (χ0n) is 14.6. The molecule has 5 nitrogen and oxygen atoms in total. The van der Waals surface area contributed by atoms with E-state index in [0.717, 1.165) is 16.2 Å². The maximum atomic E-state index is 13.0. The van der Waals surface area contributed by atoms with Crippen LogP contribution in [0.25, 0.3) is 0 Å². The fourth-order valence-corrected chi connectivity index (χ4v) is 3.47. The summed E-state index contributed by atoms with van der Waals surface area (Å²) < 4.78 is 0. The molecule has 0 saturated heterocycles. The number of rotatable bonds is 4. The average Bonchev–Trinajstić information content (AvgIpc) is 2.62. The summed E-state index contributed by atoms with van der Waals surface area (Å²) in [4.78, 5) is 27.5. The van der Waals surface area contributed by atoms with E-state index in [1.165, 1.54) is 0 Å². The maximum absolute atomic E-state index is 13.0. The summed E-state index contributed by atoms with van der Waals surface area (Å²) in [5.41, 5.74) is 2.30. The van der Waals surface area contributed by atoms with Gasteiger partial charge in [0.25, 0.3) is 5.91 Å². The van der Waals surface area contributed by atoms with Gasteiger partial charge >= 0.3 is 0 Å². The zero-order chi connectivity index (χ0) is 18.8. The largest absolute Gasteiger partial charge is 0.324 e. The van der Waals surface area contributed by atoms with Gasteiger partial charge in [-0.25, -0.2) is 0 Å². The Balaban J connectivity index is 1.78. The number of anilines is 2. The van der Waals surface area contributed by atoms with Crippen LogP contribution in [0.4, 0.5) is 11.4 Å². The molecule has 0 radical (unpaired) electrons. The molecule has 26 heavy (non-hydrogen) atoms. The summed E-state index contributed by atoms with van der Waals surface area (Å²) in [5, 5.41) is 3.96. The molecule has 3 rings (SSSR count). The van der Waals surface area contributed by atoms with E-state index in [4.69, 9.17) is 23.2 Å². The van der Waals surface area contributed by atoms with Crippen LogP contribution in [0, 0.1) is 0 Å².